The molecule has 5 rings (SSSR count). The van der Waals surface area contributed by atoms with Gasteiger partial charge in [-0.05, 0) is 70.6 Å². The van der Waals surface area contributed by atoms with Gasteiger partial charge in [0.1, 0.15) is 18.6 Å². The molecule has 5 aliphatic rings. The van der Waals surface area contributed by atoms with Crippen LogP contribution >= 0.6 is 11.6 Å². The highest BCUT2D eigenvalue weighted by Gasteiger charge is 2.44. The SMILES string of the molecule is COC1CCC(C2=CC3C(CC2)NC(C2CCC(C)NC2)NC3NC2CCC(F)C(Cl)C2)C(OC)N1. The lowest BCUT2D eigenvalue weighted by molar-refractivity contribution is -0.0636. The first-order chi connectivity index (χ1) is 17.4. The number of ether oxygens (including phenoxy) is 2. The normalized spacial score (nSPS) is 48.2. The third-order valence-electron chi connectivity index (χ3n) is 9.50. The van der Waals surface area contributed by atoms with Crippen LogP contribution in [0.25, 0.3) is 0 Å². The molecule has 3 heterocycles. The Morgan fingerprint density at radius 2 is 1.86 bits per heavy atom. The first kappa shape index (κ1) is 27.3. The Kier molecular flexibility index (Phi) is 9.27. The number of hydrogen-bond acceptors (Lipinski definition) is 7. The number of rotatable bonds is 6. The Morgan fingerprint density at radius 3 is 2.58 bits per heavy atom. The summed E-state index contributed by atoms with van der Waals surface area (Å²) in [5, 5.41) is 18.7. The van der Waals surface area contributed by atoms with E-state index in [1.54, 1.807) is 14.2 Å². The summed E-state index contributed by atoms with van der Waals surface area (Å²) >= 11 is 6.36. The lowest BCUT2D eigenvalue weighted by Crippen LogP contribution is -2.71. The molecule has 0 amide bonds. The predicted molar refractivity (Wildman–Crippen MR) is 141 cm³/mol. The van der Waals surface area contributed by atoms with E-state index in [1.807, 2.05) is 0 Å². The second-order valence-electron chi connectivity index (χ2n) is 11.8. The quantitative estimate of drug-likeness (QED) is 0.268. The second kappa shape index (κ2) is 12.2. The topological polar surface area (TPSA) is 78.6 Å². The Morgan fingerprint density at radius 1 is 1.00 bits per heavy atom. The molecule has 3 aliphatic heterocycles. The van der Waals surface area contributed by atoms with Crippen LogP contribution in [0.1, 0.15) is 64.7 Å². The van der Waals surface area contributed by atoms with Gasteiger partial charge in [0.25, 0.3) is 0 Å². The fourth-order valence-electron chi connectivity index (χ4n) is 7.26. The number of nitrogens with one attached hydrogen (secondary N) is 5. The molecule has 0 aromatic carbocycles. The summed E-state index contributed by atoms with van der Waals surface area (Å²) in [6, 6.07) is 1.26. The average Bonchev–Trinajstić information content (AvgIpc) is 2.90. The highest BCUT2D eigenvalue weighted by Crippen LogP contribution is 2.38. The highest BCUT2D eigenvalue weighted by atomic mass is 35.5. The van der Waals surface area contributed by atoms with Crippen molar-refractivity contribution in [3.8, 4) is 0 Å². The Hall–Kier alpha value is -0.320. The van der Waals surface area contributed by atoms with Gasteiger partial charge in [0.2, 0.25) is 0 Å². The van der Waals surface area contributed by atoms with E-state index < -0.39 is 11.5 Å². The molecule has 5 N–H and O–H groups in total. The summed E-state index contributed by atoms with van der Waals surface area (Å²) in [7, 11) is 3.54. The zero-order valence-electron chi connectivity index (χ0n) is 22.1. The summed E-state index contributed by atoms with van der Waals surface area (Å²) in [5.41, 5.74) is 1.50. The molecule has 0 spiro atoms. The average molecular weight is 528 g/mol. The van der Waals surface area contributed by atoms with Gasteiger partial charge in [-0.2, -0.15) is 0 Å². The van der Waals surface area contributed by atoms with E-state index >= 15 is 0 Å². The molecule has 12 unspecified atom stereocenters. The minimum Gasteiger partial charge on any atom is -0.367 e. The number of hydrogen-bond donors (Lipinski definition) is 5. The largest absolute Gasteiger partial charge is 0.367 e. The standard InChI is InChI=1S/C27H47ClFN5O2/c1-15-4-5-17(14-30-15)25-32-23-10-6-16(19-8-11-24(35-2)33-27(19)36-3)12-20(23)26(34-25)31-18-7-9-22(29)21(28)13-18/h12,15,17-27,30-34H,4-11,13-14H2,1-3H3. The van der Waals surface area contributed by atoms with Crippen LogP contribution in [0.4, 0.5) is 4.39 Å². The molecule has 12 atom stereocenters. The number of halogens is 2. The van der Waals surface area contributed by atoms with Crippen LogP contribution in [0.5, 0.6) is 0 Å². The van der Waals surface area contributed by atoms with Crippen LogP contribution in [0.15, 0.2) is 11.6 Å². The molecular weight excluding hydrogens is 481 g/mol. The highest BCUT2D eigenvalue weighted by molar-refractivity contribution is 6.21. The lowest BCUT2D eigenvalue weighted by atomic mass is 9.75. The summed E-state index contributed by atoms with van der Waals surface area (Å²) in [5.74, 6) is 1.25. The van der Waals surface area contributed by atoms with E-state index in [1.165, 1.54) is 18.4 Å². The lowest BCUT2D eigenvalue weighted by Gasteiger charge is -2.50. The fourth-order valence-corrected chi connectivity index (χ4v) is 7.60. The van der Waals surface area contributed by atoms with E-state index in [0.29, 0.717) is 42.7 Å². The zero-order chi connectivity index (χ0) is 25.2. The van der Waals surface area contributed by atoms with Crippen LogP contribution in [0.2, 0.25) is 0 Å². The van der Waals surface area contributed by atoms with Crippen molar-refractivity contribution in [1.29, 1.82) is 0 Å². The van der Waals surface area contributed by atoms with Gasteiger partial charge < -0.3 is 14.8 Å². The molecule has 0 aromatic rings. The van der Waals surface area contributed by atoms with Crippen LogP contribution < -0.4 is 26.6 Å². The van der Waals surface area contributed by atoms with E-state index in [9.17, 15) is 4.39 Å². The molecule has 9 heteroatoms. The molecule has 0 radical (unpaired) electrons. The van der Waals surface area contributed by atoms with Gasteiger partial charge in [0.15, 0.2) is 0 Å². The number of piperidine rings is 2. The zero-order valence-corrected chi connectivity index (χ0v) is 22.9. The fraction of sp³-hybridized carbons (Fsp3) is 0.926. The van der Waals surface area contributed by atoms with E-state index in [0.717, 1.165) is 38.6 Å². The van der Waals surface area contributed by atoms with Gasteiger partial charge in [-0.15, -0.1) is 11.6 Å². The summed E-state index contributed by atoms with van der Waals surface area (Å²) in [4.78, 5) is 0. The van der Waals surface area contributed by atoms with Crippen LogP contribution in [0, 0.1) is 17.8 Å². The second-order valence-corrected chi connectivity index (χ2v) is 12.4. The first-order valence-electron chi connectivity index (χ1n) is 14.3. The summed E-state index contributed by atoms with van der Waals surface area (Å²) in [6.45, 7) is 3.31. The van der Waals surface area contributed by atoms with E-state index in [4.69, 9.17) is 21.1 Å². The monoisotopic (exact) mass is 527 g/mol. The number of alkyl halides is 2. The molecule has 0 aromatic heterocycles. The number of methoxy groups -OCH3 is 2. The van der Waals surface area contributed by atoms with Crippen molar-refractivity contribution in [3.63, 3.8) is 0 Å². The van der Waals surface area contributed by atoms with Crippen molar-refractivity contribution in [2.24, 2.45) is 17.8 Å². The first-order valence-corrected chi connectivity index (χ1v) is 14.7. The van der Waals surface area contributed by atoms with Crippen molar-refractivity contribution >= 4 is 11.6 Å². The minimum atomic E-state index is -0.886. The molecule has 7 nitrogen and oxygen atoms in total. The van der Waals surface area contributed by atoms with Crippen LogP contribution in [-0.4, -0.2) is 75.2 Å². The molecule has 1 saturated carbocycles. The van der Waals surface area contributed by atoms with Crippen molar-refractivity contribution in [2.75, 3.05) is 20.8 Å². The third kappa shape index (κ3) is 6.12. The number of fused-ring (bicyclic) bond motifs is 1. The Bertz CT molecular complexity index is 754. The maximum atomic E-state index is 14.1. The van der Waals surface area contributed by atoms with Crippen molar-refractivity contribution in [3.05, 3.63) is 11.6 Å². The molecule has 4 fully saturated rings. The Balaban J connectivity index is 1.33. The molecular formula is C27H47ClFN5O2. The van der Waals surface area contributed by atoms with Gasteiger partial charge in [-0.1, -0.05) is 11.6 Å². The van der Waals surface area contributed by atoms with Gasteiger partial charge in [0, 0.05) is 50.7 Å². The molecule has 2 aliphatic carbocycles. The van der Waals surface area contributed by atoms with Gasteiger partial charge in [-0.25, -0.2) is 4.39 Å². The van der Waals surface area contributed by atoms with E-state index in [2.05, 4.69) is 39.6 Å². The summed E-state index contributed by atoms with van der Waals surface area (Å²) in [6.07, 6.45) is 10.9. The molecule has 3 saturated heterocycles. The smallest absolute Gasteiger partial charge is 0.117 e. The van der Waals surface area contributed by atoms with Gasteiger partial charge in [0.05, 0.1) is 17.7 Å². The van der Waals surface area contributed by atoms with Crippen molar-refractivity contribution in [1.82, 2.24) is 26.6 Å². The Labute approximate surface area is 221 Å². The van der Waals surface area contributed by atoms with Gasteiger partial charge in [-0.3, -0.25) is 21.3 Å². The maximum Gasteiger partial charge on any atom is 0.117 e. The summed E-state index contributed by atoms with van der Waals surface area (Å²) < 4.78 is 25.5. The third-order valence-corrected chi connectivity index (χ3v) is 9.95. The van der Waals surface area contributed by atoms with Crippen LogP contribution in [0.3, 0.4) is 0 Å². The van der Waals surface area contributed by atoms with E-state index in [-0.39, 0.29) is 30.8 Å². The molecule has 0 bridgehead atoms. The minimum absolute atomic E-state index is 0.0256. The molecule has 36 heavy (non-hydrogen) atoms. The molecule has 206 valence electrons. The van der Waals surface area contributed by atoms with Crippen molar-refractivity contribution in [2.45, 2.75) is 119 Å². The maximum absolute atomic E-state index is 14.1. The van der Waals surface area contributed by atoms with Gasteiger partial charge >= 0.3 is 0 Å². The van der Waals surface area contributed by atoms with Crippen LogP contribution in [-0.2, 0) is 9.47 Å². The predicted octanol–water partition coefficient (Wildman–Crippen LogP) is 2.96. The van der Waals surface area contributed by atoms with Crippen molar-refractivity contribution < 1.29 is 13.9 Å².